The number of piperidine rings is 1. The lowest BCUT2D eigenvalue weighted by Crippen LogP contribution is -2.70. The maximum absolute atomic E-state index is 15.1. The molecule has 4 nitrogen and oxygen atoms in total. The fourth-order valence-electron chi connectivity index (χ4n) is 8.58. The summed E-state index contributed by atoms with van der Waals surface area (Å²) in [6, 6.07) is 25.7. The zero-order valence-corrected chi connectivity index (χ0v) is 21.4. The molecule has 3 aliphatic carbocycles. The minimum atomic E-state index is -0.727. The Kier molecular flexibility index (Phi) is 4.57. The molecular weight excluding hydrogens is 458 g/mol. The lowest BCUT2D eigenvalue weighted by Gasteiger charge is -2.61. The first kappa shape index (κ1) is 21.9. The van der Waals surface area contributed by atoms with Crippen LogP contribution < -0.4 is 9.47 Å². The molecule has 8 rings (SSSR count). The van der Waals surface area contributed by atoms with E-state index in [2.05, 4.69) is 65.6 Å². The van der Waals surface area contributed by atoms with Crippen molar-refractivity contribution in [1.29, 1.82) is 0 Å². The van der Waals surface area contributed by atoms with Crippen LogP contribution in [0.15, 0.2) is 72.8 Å². The summed E-state index contributed by atoms with van der Waals surface area (Å²) in [7, 11) is 1.71. The number of methoxy groups -OCH3 is 1. The van der Waals surface area contributed by atoms with E-state index in [1.54, 1.807) is 7.11 Å². The topological polar surface area (TPSA) is 38.8 Å². The van der Waals surface area contributed by atoms with E-state index in [0.29, 0.717) is 12.0 Å². The molecule has 5 aliphatic rings. The zero-order chi connectivity index (χ0) is 24.8. The molecule has 4 atom stereocenters. The molecule has 2 saturated carbocycles. The predicted molar refractivity (Wildman–Crippen MR) is 142 cm³/mol. The number of carbonyl (C=O) groups is 1. The van der Waals surface area contributed by atoms with Gasteiger partial charge in [0, 0.05) is 23.6 Å². The second kappa shape index (κ2) is 7.70. The second-order valence-electron chi connectivity index (χ2n) is 11.9. The largest absolute Gasteiger partial charge is 0.493 e. The molecule has 188 valence electrons. The highest BCUT2D eigenvalue weighted by molar-refractivity contribution is 6.01. The fourth-order valence-corrected chi connectivity index (χ4v) is 8.58. The Bertz CT molecular complexity index is 1340. The van der Waals surface area contributed by atoms with Crippen molar-refractivity contribution in [1.82, 2.24) is 4.90 Å². The van der Waals surface area contributed by atoms with Gasteiger partial charge in [0.25, 0.3) is 0 Å². The monoisotopic (exact) mass is 491 g/mol. The summed E-state index contributed by atoms with van der Waals surface area (Å²) < 4.78 is 12.7. The van der Waals surface area contributed by atoms with E-state index in [-0.39, 0.29) is 11.2 Å². The Morgan fingerprint density at radius 2 is 1.68 bits per heavy atom. The number of carbonyl (C=O) groups excluding carboxylic acids is 1. The van der Waals surface area contributed by atoms with Crippen LogP contribution in [0.1, 0.15) is 47.9 Å². The summed E-state index contributed by atoms with van der Waals surface area (Å²) in [6.07, 6.45) is 5.04. The van der Waals surface area contributed by atoms with Crippen LogP contribution in [0, 0.1) is 11.8 Å². The molecule has 3 aromatic rings. The summed E-state index contributed by atoms with van der Waals surface area (Å²) in [5.41, 5.74) is 3.82. The van der Waals surface area contributed by atoms with E-state index in [1.165, 1.54) is 30.5 Å². The highest BCUT2D eigenvalue weighted by Gasteiger charge is 2.71. The molecule has 1 spiro atoms. The SMILES string of the molecule is COc1ccc2c3c1O[C@H]1C(=O)C(c4ccccc4)(c4ccccc4)CC4[C@@H](C2)N(CC2CC2)CC[C@@]341. The molecule has 0 radical (unpaired) electrons. The second-order valence-corrected chi connectivity index (χ2v) is 11.9. The molecule has 1 saturated heterocycles. The quantitative estimate of drug-likeness (QED) is 0.485. The minimum absolute atomic E-state index is 0.210. The van der Waals surface area contributed by atoms with Crippen LogP contribution in [0.4, 0.5) is 0 Å². The van der Waals surface area contributed by atoms with Crippen molar-refractivity contribution in [2.24, 2.45) is 11.8 Å². The summed E-state index contributed by atoms with van der Waals surface area (Å²) >= 11 is 0. The molecule has 0 amide bonds. The Labute approximate surface area is 218 Å². The van der Waals surface area contributed by atoms with Gasteiger partial charge in [-0.1, -0.05) is 66.7 Å². The van der Waals surface area contributed by atoms with Crippen molar-refractivity contribution in [2.45, 2.75) is 55.1 Å². The molecule has 0 N–H and O–H groups in total. The lowest BCUT2D eigenvalue weighted by atomic mass is 9.45. The number of hydrogen-bond acceptors (Lipinski definition) is 4. The Morgan fingerprint density at radius 3 is 2.32 bits per heavy atom. The third kappa shape index (κ3) is 2.80. The first-order chi connectivity index (χ1) is 18.2. The van der Waals surface area contributed by atoms with Crippen molar-refractivity contribution < 1.29 is 14.3 Å². The lowest BCUT2D eigenvalue weighted by molar-refractivity contribution is -0.146. The standard InChI is InChI=1S/C33H33NO3/c1-36-27-15-14-22-18-26-25-19-33(23-8-4-2-5-9-23,24-10-6-3-7-11-24)30(35)31-32(25,28(22)29(27)37-31)16-17-34(26)20-21-12-13-21/h2-11,14-15,21,25-26,31H,12-13,16-20H2,1H3/t25?,26-,31+,32+/m1/s1. The molecule has 37 heavy (non-hydrogen) atoms. The molecule has 2 aliphatic heterocycles. The van der Waals surface area contributed by atoms with Crippen molar-refractivity contribution in [2.75, 3.05) is 20.2 Å². The molecular formula is C33H33NO3. The van der Waals surface area contributed by atoms with Crippen LogP contribution in [0.25, 0.3) is 0 Å². The summed E-state index contributed by atoms with van der Waals surface area (Å²) in [5, 5.41) is 0. The van der Waals surface area contributed by atoms with Crippen LogP contribution >= 0.6 is 0 Å². The Balaban J connectivity index is 1.37. The van der Waals surface area contributed by atoms with Gasteiger partial charge in [-0.2, -0.15) is 0 Å². The van der Waals surface area contributed by atoms with Crippen molar-refractivity contribution >= 4 is 5.78 Å². The summed E-state index contributed by atoms with van der Waals surface area (Å²) in [6.45, 7) is 2.24. The summed E-state index contributed by atoms with van der Waals surface area (Å²) in [4.78, 5) is 17.8. The summed E-state index contributed by atoms with van der Waals surface area (Å²) in [5.74, 6) is 2.98. The van der Waals surface area contributed by atoms with Crippen LogP contribution in [-0.4, -0.2) is 43.0 Å². The molecule has 4 heteroatoms. The number of hydrogen-bond donors (Lipinski definition) is 0. The van der Waals surface area contributed by atoms with E-state index < -0.39 is 11.5 Å². The van der Waals surface area contributed by atoms with Gasteiger partial charge in [0.05, 0.1) is 12.5 Å². The first-order valence-electron chi connectivity index (χ1n) is 13.9. The number of ketones is 1. The third-order valence-electron chi connectivity index (χ3n) is 10.3. The van der Waals surface area contributed by atoms with Gasteiger partial charge in [0.15, 0.2) is 23.4 Å². The molecule has 3 fully saturated rings. The molecule has 2 heterocycles. The number of ether oxygens (including phenoxy) is 2. The van der Waals surface area contributed by atoms with Gasteiger partial charge in [0.1, 0.15) is 0 Å². The average Bonchev–Trinajstić information content (AvgIpc) is 3.70. The van der Waals surface area contributed by atoms with E-state index in [9.17, 15) is 0 Å². The van der Waals surface area contributed by atoms with Crippen LogP contribution in [-0.2, 0) is 22.0 Å². The number of nitrogens with zero attached hydrogens (tertiary/aromatic N) is 1. The average molecular weight is 492 g/mol. The van der Waals surface area contributed by atoms with Crippen LogP contribution in [0.2, 0.25) is 0 Å². The van der Waals surface area contributed by atoms with Crippen molar-refractivity contribution in [3.05, 3.63) is 95.1 Å². The smallest absolute Gasteiger partial charge is 0.189 e. The molecule has 3 aromatic carbocycles. The molecule has 1 unspecified atom stereocenters. The highest BCUT2D eigenvalue weighted by atomic mass is 16.5. The van der Waals surface area contributed by atoms with E-state index >= 15 is 4.79 Å². The van der Waals surface area contributed by atoms with Gasteiger partial charge in [-0.25, -0.2) is 0 Å². The number of Topliss-reactive ketones (excluding diaryl/α,β-unsaturated/α-hetero) is 1. The zero-order valence-electron chi connectivity index (χ0n) is 21.4. The number of benzene rings is 3. The van der Waals surface area contributed by atoms with Crippen LogP contribution in [0.5, 0.6) is 11.5 Å². The Hall–Kier alpha value is -3.11. The minimum Gasteiger partial charge on any atom is -0.493 e. The van der Waals surface area contributed by atoms with E-state index in [1.807, 2.05) is 12.1 Å². The van der Waals surface area contributed by atoms with Gasteiger partial charge in [-0.15, -0.1) is 0 Å². The van der Waals surface area contributed by atoms with Crippen molar-refractivity contribution in [3.63, 3.8) is 0 Å². The van der Waals surface area contributed by atoms with Crippen molar-refractivity contribution in [3.8, 4) is 11.5 Å². The highest BCUT2D eigenvalue weighted by Crippen LogP contribution is 2.66. The predicted octanol–water partition coefficient (Wildman–Crippen LogP) is 5.31. The van der Waals surface area contributed by atoms with Gasteiger partial charge in [-0.3, -0.25) is 9.69 Å². The van der Waals surface area contributed by atoms with Gasteiger partial charge >= 0.3 is 0 Å². The maximum atomic E-state index is 15.1. The van der Waals surface area contributed by atoms with Crippen LogP contribution in [0.3, 0.4) is 0 Å². The Morgan fingerprint density at radius 1 is 0.973 bits per heavy atom. The number of rotatable bonds is 5. The first-order valence-corrected chi connectivity index (χ1v) is 13.9. The normalized spacial score (nSPS) is 30.9. The fraction of sp³-hybridized carbons (Fsp3) is 0.424. The van der Waals surface area contributed by atoms with E-state index in [4.69, 9.17) is 9.47 Å². The molecule has 0 aromatic heterocycles. The van der Waals surface area contributed by atoms with Gasteiger partial charge in [0.2, 0.25) is 0 Å². The van der Waals surface area contributed by atoms with Gasteiger partial charge < -0.3 is 9.47 Å². The maximum Gasteiger partial charge on any atom is 0.189 e. The molecule has 2 bridgehead atoms. The number of likely N-dealkylation sites (tertiary alicyclic amines) is 1. The van der Waals surface area contributed by atoms with E-state index in [0.717, 1.165) is 54.4 Å². The van der Waals surface area contributed by atoms with Gasteiger partial charge in [-0.05, 0) is 73.2 Å². The third-order valence-corrected chi connectivity index (χ3v) is 10.3.